The van der Waals surface area contributed by atoms with Gasteiger partial charge in [0.15, 0.2) is 0 Å². The lowest BCUT2D eigenvalue weighted by Gasteiger charge is -2.09. The number of nitrogens with one attached hydrogen (secondary N) is 1. The van der Waals surface area contributed by atoms with Gasteiger partial charge < -0.3 is 11.1 Å². The molecule has 0 unspecified atom stereocenters. The lowest BCUT2D eigenvalue weighted by Crippen LogP contribution is -2.18. The van der Waals surface area contributed by atoms with Crippen molar-refractivity contribution in [1.29, 1.82) is 0 Å². The highest BCUT2D eigenvalue weighted by molar-refractivity contribution is 9.10. The summed E-state index contributed by atoms with van der Waals surface area (Å²) in [7, 11) is 0. The topological polar surface area (TPSA) is 90.0 Å². The molecule has 0 saturated heterocycles. The minimum Gasteiger partial charge on any atom is -0.366 e. The van der Waals surface area contributed by atoms with Gasteiger partial charge in [0.1, 0.15) is 0 Å². The third kappa shape index (κ3) is 3.46. The Morgan fingerprint density at radius 2 is 1.76 bits per heavy atom. The van der Waals surface area contributed by atoms with Crippen LogP contribution in [0.3, 0.4) is 0 Å². The molecule has 3 rings (SSSR count). The van der Waals surface area contributed by atoms with E-state index in [9.17, 15) is 9.59 Å². The fourth-order valence-corrected chi connectivity index (χ4v) is 2.74. The fraction of sp³-hybridized carbons (Fsp3) is 0.0556. The van der Waals surface area contributed by atoms with Gasteiger partial charge in [-0.2, -0.15) is 5.10 Å². The largest absolute Gasteiger partial charge is 0.366 e. The summed E-state index contributed by atoms with van der Waals surface area (Å²) < 4.78 is 2.64. The maximum Gasteiger partial charge on any atom is 0.259 e. The van der Waals surface area contributed by atoms with Crippen molar-refractivity contribution in [2.45, 2.75) is 6.92 Å². The predicted octanol–water partition coefficient (Wildman–Crippen LogP) is 3.29. The Kier molecular flexibility index (Phi) is 4.67. The van der Waals surface area contributed by atoms with Crippen LogP contribution in [0.1, 0.15) is 26.4 Å². The standard InChI is InChI=1S/C18H15BrN4O2/c1-11-15(10-21-23(11)13-8-6-12(19)7-9-13)18(25)22-16-5-3-2-4-14(16)17(20)24/h2-10H,1H3,(H2,20,24)(H,22,25). The van der Waals surface area contributed by atoms with Gasteiger partial charge in [0.05, 0.1) is 34.4 Å². The first-order valence-corrected chi connectivity index (χ1v) is 8.27. The lowest BCUT2D eigenvalue weighted by molar-refractivity contribution is 0.100. The van der Waals surface area contributed by atoms with Crippen molar-refractivity contribution in [2.75, 3.05) is 5.32 Å². The van der Waals surface area contributed by atoms with Crippen LogP contribution in [0, 0.1) is 6.92 Å². The number of primary amides is 1. The molecule has 2 aromatic carbocycles. The first kappa shape index (κ1) is 16.9. The van der Waals surface area contributed by atoms with Crippen molar-refractivity contribution in [3.8, 4) is 5.69 Å². The molecular weight excluding hydrogens is 384 g/mol. The van der Waals surface area contributed by atoms with Gasteiger partial charge >= 0.3 is 0 Å². The number of nitrogens with two attached hydrogens (primary N) is 1. The number of hydrogen-bond donors (Lipinski definition) is 2. The molecule has 25 heavy (non-hydrogen) atoms. The number of carbonyl (C=O) groups excluding carboxylic acids is 2. The molecule has 2 amide bonds. The summed E-state index contributed by atoms with van der Waals surface area (Å²) in [4.78, 5) is 24.1. The Morgan fingerprint density at radius 3 is 2.44 bits per heavy atom. The molecule has 0 spiro atoms. The number of para-hydroxylation sites is 1. The normalized spacial score (nSPS) is 10.5. The summed E-state index contributed by atoms with van der Waals surface area (Å²) in [6.45, 7) is 1.81. The fourth-order valence-electron chi connectivity index (χ4n) is 2.47. The molecule has 126 valence electrons. The van der Waals surface area contributed by atoms with E-state index in [1.165, 1.54) is 6.20 Å². The van der Waals surface area contributed by atoms with Crippen molar-refractivity contribution in [2.24, 2.45) is 5.73 Å². The highest BCUT2D eigenvalue weighted by Crippen LogP contribution is 2.20. The van der Waals surface area contributed by atoms with Crippen LogP contribution >= 0.6 is 15.9 Å². The van der Waals surface area contributed by atoms with E-state index in [0.717, 1.165) is 10.2 Å². The number of aromatic nitrogens is 2. The van der Waals surface area contributed by atoms with Crippen molar-refractivity contribution < 1.29 is 9.59 Å². The molecule has 7 heteroatoms. The third-order valence-electron chi connectivity index (χ3n) is 3.77. The Labute approximate surface area is 152 Å². The van der Waals surface area contributed by atoms with E-state index in [1.807, 2.05) is 31.2 Å². The van der Waals surface area contributed by atoms with Crippen molar-refractivity contribution in [1.82, 2.24) is 9.78 Å². The summed E-state index contributed by atoms with van der Waals surface area (Å²) in [5.74, 6) is -0.951. The predicted molar refractivity (Wildman–Crippen MR) is 98.9 cm³/mol. The van der Waals surface area contributed by atoms with Gasteiger partial charge in [0.2, 0.25) is 0 Å². The van der Waals surface area contributed by atoms with Crippen LogP contribution < -0.4 is 11.1 Å². The molecule has 0 saturated carbocycles. The zero-order valence-corrected chi connectivity index (χ0v) is 14.9. The molecule has 0 aliphatic heterocycles. The molecule has 0 aliphatic carbocycles. The monoisotopic (exact) mass is 398 g/mol. The van der Waals surface area contributed by atoms with Gasteiger partial charge in [-0.15, -0.1) is 0 Å². The molecule has 3 aromatic rings. The van der Waals surface area contributed by atoms with E-state index < -0.39 is 5.91 Å². The Bertz CT molecular complexity index is 948. The smallest absolute Gasteiger partial charge is 0.259 e. The first-order chi connectivity index (χ1) is 12.0. The summed E-state index contributed by atoms with van der Waals surface area (Å²) in [6, 6.07) is 14.2. The highest BCUT2D eigenvalue weighted by atomic mass is 79.9. The second kappa shape index (κ2) is 6.90. The van der Waals surface area contributed by atoms with Crippen LogP contribution in [0.4, 0.5) is 5.69 Å². The number of halogens is 1. The molecule has 0 fully saturated rings. The van der Waals surface area contributed by atoms with Crippen LogP contribution in [-0.2, 0) is 0 Å². The third-order valence-corrected chi connectivity index (χ3v) is 4.30. The molecule has 1 aromatic heterocycles. The second-order valence-corrected chi connectivity index (χ2v) is 6.31. The minimum atomic E-state index is -0.599. The van der Waals surface area contributed by atoms with Crippen LogP contribution in [0.2, 0.25) is 0 Å². The SMILES string of the molecule is Cc1c(C(=O)Nc2ccccc2C(N)=O)cnn1-c1ccc(Br)cc1. The number of nitrogens with zero attached hydrogens (tertiary/aromatic N) is 2. The average Bonchev–Trinajstić information content (AvgIpc) is 2.97. The summed E-state index contributed by atoms with van der Waals surface area (Å²) in [5.41, 5.74) is 7.92. The van der Waals surface area contributed by atoms with Crippen LogP contribution in [0.5, 0.6) is 0 Å². The van der Waals surface area contributed by atoms with E-state index >= 15 is 0 Å². The van der Waals surface area contributed by atoms with Gasteiger partial charge in [-0.3, -0.25) is 9.59 Å². The van der Waals surface area contributed by atoms with E-state index in [4.69, 9.17) is 5.73 Å². The van der Waals surface area contributed by atoms with Gasteiger partial charge in [0, 0.05) is 4.47 Å². The lowest BCUT2D eigenvalue weighted by atomic mass is 10.1. The van der Waals surface area contributed by atoms with Crippen molar-refractivity contribution in [3.05, 3.63) is 76.0 Å². The molecule has 0 atom stereocenters. The number of carbonyl (C=O) groups is 2. The number of hydrogen-bond acceptors (Lipinski definition) is 3. The van der Waals surface area contributed by atoms with Crippen molar-refractivity contribution >= 4 is 33.4 Å². The molecular formula is C18H15BrN4O2. The van der Waals surface area contributed by atoms with Gasteiger partial charge in [-0.05, 0) is 43.3 Å². The quantitative estimate of drug-likeness (QED) is 0.706. The van der Waals surface area contributed by atoms with Crippen LogP contribution in [-0.4, -0.2) is 21.6 Å². The van der Waals surface area contributed by atoms with Crippen LogP contribution in [0.15, 0.2) is 59.2 Å². The molecule has 3 N–H and O–H groups in total. The maximum atomic E-state index is 12.6. The Morgan fingerprint density at radius 1 is 1.08 bits per heavy atom. The maximum absolute atomic E-state index is 12.6. The van der Waals surface area contributed by atoms with E-state index in [-0.39, 0.29) is 11.5 Å². The van der Waals surface area contributed by atoms with Gasteiger partial charge in [0.25, 0.3) is 11.8 Å². The first-order valence-electron chi connectivity index (χ1n) is 7.48. The molecule has 0 radical (unpaired) electrons. The Balaban J connectivity index is 1.89. The van der Waals surface area contributed by atoms with E-state index in [0.29, 0.717) is 16.9 Å². The summed E-state index contributed by atoms with van der Waals surface area (Å²) >= 11 is 3.39. The van der Waals surface area contributed by atoms with Crippen LogP contribution in [0.25, 0.3) is 5.69 Å². The van der Waals surface area contributed by atoms with E-state index in [1.54, 1.807) is 28.9 Å². The van der Waals surface area contributed by atoms with Gasteiger partial charge in [-0.25, -0.2) is 4.68 Å². The summed E-state index contributed by atoms with van der Waals surface area (Å²) in [6.07, 6.45) is 1.50. The molecule has 6 nitrogen and oxygen atoms in total. The highest BCUT2D eigenvalue weighted by Gasteiger charge is 2.17. The Hall–Kier alpha value is -2.93. The van der Waals surface area contributed by atoms with Gasteiger partial charge in [-0.1, -0.05) is 28.1 Å². The number of anilines is 1. The minimum absolute atomic E-state index is 0.258. The number of rotatable bonds is 4. The number of amides is 2. The second-order valence-electron chi connectivity index (χ2n) is 5.40. The molecule has 1 heterocycles. The average molecular weight is 399 g/mol. The zero-order chi connectivity index (χ0) is 18.0. The molecule has 0 bridgehead atoms. The molecule has 0 aliphatic rings. The van der Waals surface area contributed by atoms with E-state index in [2.05, 4.69) is 26.3 Å². The zero-order valence-electron chi connectivity index (χ0n) is 13.4. The number of benzene rings is 2. The summed E-state index contributed by atoms with van der Waals surface area (Å²) in [5, 5.41) is 7.01. The van der Waals surface area contributed by atoms with Crippen molar-refractivity contribution in [3.63, 3.8) is 0 Å².